The fraction of sp³-hybridized carbons (Fsp3) is 0.250. The molecule has 0 bridgehead atoms. The van der Waals surface area contributed by atoms with Gasteiger partial charge in [0.2, 0.25) is 0 Å². The first kappa shape index (κ1) is 14.2. The monoisotopic (exact) mass is 268 g/mol. The summed E-state index contributed by atoms with van der Waals surface area (Å²) in [5.74, 6) is 1.27. The van der Waals surface area contributed by atoms with Crippen molar-refractivity contribution < 1.29 is 22.1 Å². The quantitative estimate of drug-likeness (QED) is 0.452. The topological polar surface area (TPSA) is 69.7 Å². The van der Waals surface area contributed by atoms with E-state index in [0.29, 0.717) is 0 Å². The van der Waals surface area contributed by atoms with Gasteiger partial charge < -0.3 is 4.74 Å². The van der Waals surface area contributed by atoms with Crippen LogP contribution in [0.1, 0.15) is 6.92 Å². The fourth-order valence-corrected chi connectivity index (χ4v) is 2.16. The normalized spacial score (nSPS) is 12.4. The molecule has 0 spiro atoms. The van der Waals surface area contributed by atoms with Crippen LogP contribution in [0, 0.1) is 12.3 Å². The van der Waals surface area contributed by atoms with Crippen molar-refractivity contribution in [3.8, 4) is 12.3 Å². The van der Waals surface area contributed by atoms with Crippen molar-refractivity contribution in [2.45, 2.75) is 17.9 Å². The molecule has 0 fully saturated rings. The van der Waals surface area contributed by atoms with Gasteiger partial charge in [-0.15, -0.1) is 6.42 Å². The van der Waals surface area contributed by atoms with Gasteiger partial charge in [0.1, 0.15) is 0 Å². The predicted molar refractivity (Wildman–Crippen MR) is 64.0 cm³/mol. The molecule has 1 aromatic rings. The Kier molecular flexibility index (Phi) is 4.89. The Morgan fingerprint density at radius 2 is 2.00 bits per heavy atom. The molecule has 0 radical (unpaired) electrons. The van der Waals surface area contributed by atoms with Gasteiger partial charge in [-0.1, -0.05) is 24.1 Å². The van der Waals surface area contributed by atoms with Crippen molar-refractivity contribution in [1.82, 2.24) is 0 Å². The highest BCUT2D eigenvalue weighted by atomic mass is 32.2. The van der Waals surface area contributed by atoms with E-state index in [1.807, 2.05) is 0 Å². The van der Waals surface area contributed by atoms with Crippen LogP contribution < -0.4 is 0 Å². The summed E-state index contributed by atoms with van der Waals surface area (Å²) in [5, 5.41) is 0. The first-order valence-corrected chi connectivity index (χ1v) is 6.46. The highest BCUT2D eigenvalue weighted by molar-refractivity contribution is 7.86. The molecule has 0 N–H and O–H groups in total. The molecule has 0 aromatic heterocycles. The number of hydrogen-bond donors (Lipinski definition) is 0. The molecule has 0 saturated heterocycles. The minimum absolute atomic E-state index is 0.0263. The molecule has 0 amide bonds. The molecule has 1 atom stereocenters. The van der Waals surface area contributed by atoms with Crippen LogP contribution in [-0.2, 0) is 23.8 Å². The minimum Gasteiger partial charge on any atom is -0.451 e. The summed E-state index contributed by atoms with van der Waals surface area (Å²) in [4.78, 5) is 11.3. The van der Waals surface area contributed by atoms with E-state index in [1.165, 1.54) is 19.1 Å². The maximum Gasteiger partial charge on any atom is 0.337 e. The maximum absolute atomic E-state index is 11.8. The highest BCUT2D eigenvalue weighted by Gasteiger charge is 2.24. The van der Waals surface area contributed by atoms with Crippen LogP contribution in [0.15, 0.2) is 35.2 Å². The first-order valence-electron chi connectivity index (χ1n) is 5.06. The van der Waals surface area contributed by atoms with E-state index < -0.39 is 22.2 Å². The third-order valence-corrected chi connectivity index (χ3v) is 3.32. The molecule has 5 nitrogen and oxygen atoms in total. The Bertz CT molecular complexity index is 542. The van der Waals surface area contributed by atoms with Crippen LogP contribution in [0.4, 0.5) is 0 Å². The molecule has 1 aromatic carbocycles. The second-order valence-electron chi connectivity index (χ2n) is 3.32. The highest BCUT2D eigenvalue weighted by Crippen LogP contribution is 2.13. The van der Waals surface area contributed by atoms with Gasteiger partial charge in [-0.3, -0.25) is 4.18 Å². The summed E-state index contributed by atoms with van der Waals surface area (Å²) < 4.78 is 32.8. The third-order valence-electron chi connectivity index (χ3n) is 1.93. The summed E-state index contributed by atoms with van der Waals surface area (Å²) in [7, 11) is -3.98. The average Bonchev–Trinajstić information content (AvgIpc) is 2.36. The second kappa shape index (κ2) is 6.19. The lowest BCUT2D eigenvalue weighted by Crippen LogP contribution is -2.26. The number of terminal acetylenes is 1. The molecule has 1 rings (SSSR count). The van der Waals surface area contributed by atoms with Crippen LogP contribution >= 0.6 is 0 Å². The second-order valence-corrected chi connectivity index (χ2v) is 4.89. The number of hydrogen-bond acceptors (Lipinski definition) is 5. The largest absolute Gasteiger partial charge is 0.451 e. The van der Waals surface area contributed by atoms with Crippen LogP contribution in [0.3, 0.4) is 0 Å². The molecule has 1 unspecified atom stereocenters. The van der Waals surface area contributed by atoms with Crippen molar-refractivity contribution in [3.63, 3.8) is 0 Å². The van der Waals surface area contributed by atoms with Crippen molar-refractivity contribution >= 4 is 16.1 Å². The number of carbonyl (C=O) groups is 1. The van der Waals surface area contributed by atoms with Gasteiger partial charge in [0, 0.05) is 0 Å². The van der Waals surface area contributed by atoms with Crippen molar-refractivity contribution in [2.75, 3.05) is 6.61 Å². The summed E-state index contributed by atoms with van der Waals surface area (Å²) in [6.45, 7) is 1.05. The number of esters is 1. The van der Waals surface area contributed by atoms with E-state index in [9.17, 15) is 13.2 Å². The fourth-order valence-electron chi connectivity index (χ4n) is 1.10. The zero-order valence-corrected chi connectivity index (χ0v) is 10.5. The Hall–Kier alpha value is -1.84. The van der Waals surface area contributed by atoms with Gasteiger partial charge in [0.15, 0.2) is 12.7 Å². The Morgan fingerprint density at radius 3 is 2.56 bits per heavy atom. The number of ether oxygens (including phenoxy) is 1. The van der Waals surface area contributed by atoms with E-state index in [0.717, 1.165) is 0 Å². The van der Waals surface area contributed by atoms with E-state index in [4.69, 9.17) is 10.6 Å². The summed E-state index contributed by atoms with van der Waals surface area (Å²) in [6, 6.07) is 7.52. The molecule has 6 heteroatoms. The summed E-state index contributed by atoms with van der Waals surface area (Å²) >= 11 is 0. The van der Waals surface area contributed by atoms with E-state index >= 15 is 0 Å². The van der Waals surface area contributed by atoms with E-state index in [1.54, 1.807) is 18.2 Å². The molecule has 0 saturated carbocycles. The number of rotatable bonds is 5. The van der Waals surface area contributed by atoms with Crippen LogP contribution in [0.2, 0.25) is 0 Å². The lowest BCUT2D eigenvalue weighted by Gasteiger charge is -2.11. The maximum atomic E-state index is 11.8. The minimum atomic E-state index is -3.98. The average molecular weight is 268 g/mol. The lowest BCUT2D eigenvalue weighted by molar-refractivity contribution is -0.149. The molecule has 96 valence electrons. The standard InChI is InChI=1S/C12H12O5S/c1-3-9-16-12(13)10(2)17-18(14,15)11-7-5-4-6-8-11/h1,4-8,10H,9H2,2H3. The molecular formula is C12H12O5S. The van der Waals surface area contributed by atoms with E-state index in [-0.39, 0.29) is 11.5 Å². The van der Waals surface area contributed by atoms with Gasteiger partial charge in [-0.25, -0.2) is 4.79 Å². The zero-order chi connectivity index (χ0) is 13.6. The van der Waals surface area contributed by atoms with Gasteiger partial charge in [-0.05, 0) is 19.1 Å². The van der Waals surface area contributed by atoms with Crippen LogP contribution in [0.5, 0.6) is 0 Å². The van der Waals surface area contributed by atoms with Crippen LogP contribution in [-0.4, -0.2) is 27.1 Å². The Labute approximate surface area is 106 Å². The van der Waals surface area contributed by atoms with Gasteiger partial charge in [0.25, 0.3) is 10.1 Å². The zero-order valence-electron chi connectivity index (χ0n) is 9.70. The lowest BCUT2D eigenvalue weighted by atomic mass is 10.4. The molecule has 0 aliphatic carbocycles. The Morgan fingerprint density at radius 1 is 1.39 bits per heavy atom. The Balaban J connectivity index is 2.73. The molecule has 0 aliphatic heterocycles. The number of carbonyl (C=O) groups excluding carboxylic acids is 1. The summed E-state index contributed by atoms with van der Waals surface area (Å²) in [6.07, 6.45) is 3.66. The molecule has 0 heterocycles. The number of benzene rings is 1. The van der Waals surface area contributed by atoms with Crippen molar-refractivity contribution in [1.29, 1.82) is 0 Å². The van der Waals surface area contributed by atoms with Gasteiger partial charge in [0.05, 0.1) is 4.90 Å². The first-order chi connectivity index (χ1) is 8.47. The SMILES string of the molecule is C#CCOC(=O)C(C)OS(=O)(=O)c1ccccc1. The smallest absolute Gasteiger partial charge is 0.337 e. The van der Waals surface area contributed by atoms with Gasteiger partial charge >= 0.3 is 5.97 Å². The van der Waals surface area contributed by atoms with Crippen molar-refractivity contribution in [3.05, 3.63) is 30.3 Å². The van der Waals surface area contributed by atoms with Gasteiger partial charge in [-0.2, -0.15) is 8.42 Å². The molecule has 18 heavy (non-hydrogen) atoms. The van der Waals surface area contributed by atoms with Crippen molar-refractivity contribution in [2.24, 2.45) is 0 Å². The van der Waals surface area contributed by atoms with E-state index in [2.05, 4.69) is 10.7 Å². The molecule has 0 aliphatic rings. The van der Waals surface area contributed by atoms with Crippen LogP contribution in [0.25, 0.3) is 0 Å². The summed E-state index contributed by atoms with van der Waals surface area (Å²) in [5.41, 5.74) is 0. The molecular weight excluding hydrogens is 256 g/mol. The predicted octanol–water partition coefficient (Wildman–Crippen LogP) is 0.957. The third kappa shape index (κ3) is 3.87.